The van der Waals surface area contributed by atoms with Crippen LogP contribution in [0.25, 0.3) is 26.4 Å². The molecule has 256 valence electrons. The van der Waals surface area contributed by atoms with Crippen LogP contribution < -0.4 is 4.90 Å². The van der Waals surface area contributed by atoms with E-state index in [0.717, 1.165) is 6.04 Å². The molecule has 1 aromatic carbocycles. The average Bonchev–Trinajstić information content (AvgIpc) is 3.47. The SMILES string of the molecule is [C-]#[N+]C1(N(COCC[Si](C)(C)C)S(=O)(=O)c2cc(N3CCN(C(=O)C(C)C)CC3)c3c(c2)c(-c2nnc(C(F)F)s2)nn3CC)CC1. The lowest BCUT2D eigenvalue weighted by Crippen LogP contribution is -2.50. The van der Waals surface area contributed by atoms with Crippen molar-refractivity contribution in [1.82, 2.24) is 29.2 Å². The molecule has 0 bridgehead atoms. The molecule has 1 aliphatic heterocycles. The number of carbonyl (C=O) groups excluding carboxylic acids is 1. The highest BCUT2D eigenvalue weighted by atomic mass is 32.2. The van der Waals surface area contributed by atoms with Gasteiger partial charge in [-0.25, -0.2) is 23.8 Å². The summed E-state index contributed by atoms with van der Waals surface area (Å²) in [6.07, 6.45) is -2.02. The number of hydrogen-bond acceptors (Lipinski definition) is 9. The van der Waals surface area contributed by atoms with Crippen LogP contribution in [-0.4, -0.2) is 96.8 Å². The van der Waals surface area contributed by atoms with Gasteiger partial charge in [0.1, 0.15) is 12.4 Å². The Balaban J connectivity index is 1.63. The van der Waals surface area contributed by atoms with E-state index in [4.69, 9.17) is 16.4 Å². The number of hydrogen-bond donors (Lipinski definition) is 0. The lowest BCUT2D eigenvalue weighted by molar-refractivity contribution is -0.134. The van der Waals surface area contributed by atoms with Crippen LogP contribution in [0.4, 0.5) is 14.5 Å². The molecule has 1 amide bonds. The molecule has 2 fully saturated rings. The first kappa shape index (κ1) is 35.3. The maximum atomic E-state index is 14.6. The van der Waals surface area contributed by atoms with E-state index in [-0.39, 0.29) is 34.2 Å². The van der Waals surface area contributed by atoms with Gasteiger partial charge >= 0.3 is 5.66 Å². The van der Waals surface area contributed by atoms with Crippen molar-refractivity contribution in [2.24, 2.45) is 5.92 Å². The molecule has 1 saturated heterocycles. The Morgan fingerprint density at radius 1 is 1.17 bits per heavy atom. The zero-order valence-corrected chi connectivity index (χ0v) is 30.3. The van der Waals surface area contributed by atoms with Crippen molar-refractivity contribution in [2.45, 2.75) is 82.8 Å². The number of carbonyl (C=O) groups is 1. The summed E-state index contributed by atoms with van der Waals surface area (Å²) in [5.41, 5.74) is 0.243. The van der Waals surface area contributed by atoms with Crippen LogP contribution in [0, 0.1) is 12.5 Å². The zero-order chi connectivity index (χ0) is 34.3. The van der Waals surface area contributed by atoms with Crippen molar-refractivity contribution in [3.63, 3.8) is 0 Å². The highest BCUT2D eigenvalue weighted by Gasteiger charge is 2.61. The number of amides is 1. The van der Waals surface area contributed by atoms with E-state index >= 15 is 0 Å². The summed E-state index contributed by atoms with van der Waals surface area (Å²) in [5.74, 6) is -0.0938. The second-order valence-corrected chi connectivity index (χ2v) is 22.0. The van der Waals surface area contributed by atoms with E-state index in [1.165, 1.54) is 10.4 Å². The maximum Gasteiger partial charge on any atom is 0.303 e. The minimum atomic E-state index is -4.29. The molecule has 1 saturated carbocycles. The van der Waals surface area contributed by atoms with Crippen molar-refractivity contribution in [1.29, 1.82) is 0 Å². The van der Waals surface area contributed by atoms with Crippen LogP contribution in [0.2, 0.25) is 25.7 Å². The predicted molar refractivity (Wildman–Crippen MR) is 179 cm³/mol. The predicted octanol–water partition coefficient (Wildman–Crippen LogP) is 5.53. The molecule has 2 aromatic heterocycles. The summed E-state index contributed by atoms with van der Waals surface area (Å²) in [7, 11) is -5.74. The molecule has 0 radical (unpaired) electrons. The topological polar surface area (TPSA) is 118 Å². The number of sulfonamides is 1. The van der Waals surface area contributed by atoms with Gasteiger partial charge < -0.3 is 14.5 Å². The molecule has 12 nitrogen and oxygen atoms in total. The Labute approximate surface area is 279 Å². The molecule has 0 spiro atoms. The van der Waals surface area contributed by atoms with E-state index < -0.39 is 35.2 Å². The molecule has 0 atom stereocenters. The monoisotopic (exact) mass is 708 g/mol. The van der Waals surface area contributed by atoms with E-state index in [9.17, 15) is 22.0 Å². The van der Waals surface area contributed by atoms with Gasteiger partial charge in [0.25, 0.3) is 16.4 Å². The van der Waals surface area contributed by atoms with Crippen LogP contribution in [0.1, 0.15) is 45.0 Å². The van der Waals surface area contributed by atoms with Crippen molar-refractivity contribution in [2.75, 3.05) is 44.4 Å². The number of ether oxygens (including phenoxy) is 1. The number of aryl methyl sites for hydroxylation is 1. The van der Waals surface area contributed by atoms with Gasteiger partial charge in [0.2, 0.25) is 5.91 Å². The minimum absolute atomic E-state index is 0.0526. The van der Waals surface area contributed by atoms with Crippen LogP contribution in [0.5, 0.6) is 0 Å². The Morgan fingerprint density at radius 2 is 1.85 bits per heavy atom. The number of rotatable bonds is 13. The third kappa shape index (κ3) is 7.21. The number of anilines is 1. The van der Waals surface area contributed by atoms with Crippen molar-refractivity contribution in [3.8, 4) is 10.7 Å². The molecule has 3 aromatic rings. The highest BCUT2D eigenvalue weighted by molar-refractivity contribution is 7.89. The van der Waals surface area contributed by atoms with Gasteiger partial charge in [-0.05, 0) is 25.1 Å². The standard InChI is InChI=1S/C30H42F2N8O4S2Si/c1-8-39-25-22(24(36-39)27-34-35-28(45-27)26(31)32)17-21(18-23(25)37-11-13-38(14-12-37)29(41)20(2)3)46(42,43)40(30(33-4)9-10-30)19-44-15-16-47(5,6)7/h17-18,20,26H,8-16,19H2,1-3,5-7H3. The molecule has 17 heteroatoms. The quantitative estimate of drug-likeness (QED) is 0.0985. The first-order chi connectivity index (χ1) is 22.1. The van der Waals surface area contributed by atoms with Crippen LogP contribution in [0.15, 0.2) is 17.0 Å². The minimum Gasteiger partial charge on any atom is -0.366 e. The third-order valence-corrected chi connectivity index (χ3v) is 13.0. The van der Waals surface area contributed by atoms with Gasteiger partial charge in [-0.3, -0.25) is 14.3 Å². The Hall–Kier alpha value is -3.04. The van der Waals surface area contributed by atoms with Gasteiger partial charge in [-0.1, -0.05) is 49.1 Å². The number of nitrogens with zero attached hydrogens (tertiary/aromatic N) is 8. The molecule has 47 heavy (non-hydrogen) atoms. The second kappa shape index (κ2) is 13.5. The smallest absolute Gasteiger partial charge is 0.303 e. The zero-order valence-electron chi connectivity index (χ0n) is 27.7. The van der Waals surface area contributed by atoms with Gasteiger partial charge in [-0.2, -0.15) is 5.10 Å². The summed E-state index contributed by atoms with van der Waals surface area (Å²) < 4.78 is 65.0. The summed E-state index contributed by atoms with van der Waals surface area (Å²) >= 11 is 0.711. The Bertz CT molecular complexity index is 1770. The summed E-state index contributed by atoms with van der Waals surface area (Å²) in [6, 6.07) is 3.95. The van der Waals surface area contributed by atoms with Gasteiger partial charge in [0.05, 0.1) is 28.9 Å². The van der Waals surface area contributed by atoms with Crippen molar-refractivity contribution < 1.29 is 26.7 Å². The molecular formula is C30H42F2N8O4S2Si. The number of aromatic nitrogens is 4. The molecule has 3 heterocycles. The Morgan fingerprint density at radius 3 is 2.38 bits per heavy atom. The molecule has 0 N–H and O–H groups in total. The van der Waals surface area contributed by atoms with Crippen molar-refractivity contribution >= 4 is 51.9 Å². The third-order valence-electron chi connectivity index (χ3n) is 8.52. The average molecular weight is 709 g/mol. The van der Waals surface area contributed by atoms with Crippen LogP contribution in [-0.2, 0) is 26.1 Å². The molecule has 1 aliphatic carbocycles. The molecule has 2 aliphatic rings. The van der Waals surface area contributed by atoms with E-state index in [1.807, 2.05) is 25.7 Å². The first-order valence-corrected chi connectivity index (χ1v) is 21.8. The molecule has 5 rings (SSSR count). The normalized spacial score (nSPS) is 16.9. The van der Waals surface area contributed by atoms with Gasteiger partial charge in [-0.15, -0.1) is 10.2 Å². The summed E-state index contributed by atoms with van der Waals surface area (Å²) in [6.45, 7) is 22.5. The van der Waals surface area contributed by atoms with Gasteiger partial charge in [0, 0.05) is 58.7 Å². The molecular weight excluding hydrogens is 667 g/mol. The number of halogens is 2. The number of piperazine rings is 1. The van der Waals surface area contributed by atoms with Gasteiger partial charge in [0.15, 0.2) is 10.0 Å². The van der Waals surface area contributed by atoms with Crippen molar-refractivity contribution in [3.05, 3.63) is 28.6 Å². The van der Waals surface area contributed by atoms with E-state index in [2.05, 4.69) is 34.7 Å². The fraction of sp³-hybridized carbons (Fsp3) is 0.633. The van der Waals surface area contributed by atoms with Crippen LogP contribution >= 0.6 is 11.3 Å². The Kier molecular flexibility index (Phi) is 10.1. The summed E-state index contributed by atoms with van der Waals surface area (Å²) in [5, 5.41) is 12.5. The van der Waals surface area contributed by atoms with E-state index in [1.54, 1.807) is 15.6 Å². The maximum absolute atomic E-state index is 14.6. The van der Waals surface area contributed by atoms with Crippen LogP contribution in [0.3, 0.4) is 0 Å². The lowest BCUT2D eigenvalue weighted by atomic mass is 10.1. The fourth-order valence-corrected chi connectivity index (χ4v) is 8.71. The summed E-state index contributed by atoms with van der Waals surface area (Å²) in [4.78, 5) is 20.2. The molecule has 0 unspecified atom stereocenters. The largest absolute Gasteiger partial charge is 0.366 e. The highest BCUT2D eigenvalue weighted by Crippen LogP contribution is 2.47. The fourth-order valence-electron chi connectivity index (χ4n) is 5.59. The van der Waals surface area contributed by atoms with E-state index in [0.29, 0.717) is 80.1 Å². The lowest BCUT2D eigenvalue weighted by Gasteiger charge is -2.37. The first-order valence-electron chi connectivity index (χ1n) is 15.8. The number of benzene rings is 1. The second-order valence-electron chi connectivity index (χ2n) is 13.5. The number of alkyl halides is 2. The number of fused-ring (bicyclic) bond motifs is 1.